The highest BCUT2D eigenvalue weighted by Crippen LogP contribution is 2.23. The first kappa shape index (κ1) is 17.0. The fraction of sp³-hybridized carbons (Fsp3) is 0.867. The average molecular weight is 285 g/mol. The van der Waals surface area contributed by atoms with Gasteiger partial charge in [0.2, 0.25) is 0 Å². The molecule has 5 nitrogen and oxygen atoms in total. The van der Waals surface area contributed by atoms with E-state index in [4.69, 9.17) is 4.74 Å². The zero-order valence-electron chi connectivity index (χ0n) is 13.9. The van der Waals surface area contributed by atoms with Crippen molar-refractivity contribution in [1.82, 2.24) is 4.90 Å². The van der Waals surface area contributed by atoms with Crippen molar-refractivity contribution in [2.75, 3.05) is 27.7 Å². The van der Waals surface area contributed by atoms with Crippen molar-refractivity contribution in [3.05, 3.63) is 0 Å². The van der Waals surface area contributed by atoms with E-state index < -0.39 is 11.6 Å². The predicted octanol–water partition coefficient (Wildman–Crippen LogP) is 1.41. The first-order chi connectivity index (χ1) is 8.93. The van der Waals surface area contributed by atoms with Crippen LogP contribution in [-0.4, -0.2) is 66.6 Å². The van der Waals surface area contributed by atoms with E-state index in [1.54, 1.807) is 4.90 Å². The summed E-state index contributed by atoms with van der Waals surface area (Å²) in [6, 6.07) is -0.589. The quantitative estimate of drug-likeness (QED) is 0.582. The average Bonchev–Trinajstić information content (AvgIpc) is 2.72. The molecule has 0 aliphatic carbocycles. The summed E-state index contributed by atoms with van der Waals surface area (Å²) in [5.74, 6) is -0.247. The summed E-state index contributed by atoms with van der Waals surface area (Å²) in [7, 11) is 5.96. The van der Waals surface area contributed by atoms with E-state index >= 15 is 0 Å². The summed E-state index contributed by atoms with van der Waals surface area (Å²) < 4.78 is 5.98. The van der Waals surface area contributed by atoms with Gasteiger partial charge in [0.15, 0.2) is 6.04 Å². The molecule has 1 aliphatic rings. The monoisotopic (exact) mass is 285 g/mol. The fourth-order valence-corrected chi connectivity index (χ4v) is 2.22. The van der Waals surface area contributed by atoms with Crippen LogP contribution in [0.25, 0.3) is 0 Å². The van der Waals surface area contributed by atoms with Crippen LogP contribution in [0.1, 0.15) is 40.5 Å². The van der Waals surface area contributed by atoms with Crippen LogP contribution in [0.5, 0.6) is 0 Å². The maximum absolute atomic E-state index is 12.6. The van der Waals surface area contributed by atoms with Gasteiger partial charge in [-0.2, -0.15) is 0 Å². The highest BCUT2D eigenvalue weighted by molar-refractivity contribution is 5.87. The molecule has 1 rings (SSSR count). The molecule has 116 valence electrons. The minimum Gasteiger partial charge on any atom is -0.458 e. The summed E-state index contributed by atoms with van der Waals surface area (Å²) in [6.45, 7) is 8.10. The molecule has 5 heteroatoms. The number of carbonyl (C=O) groups excluding carboxylic acids is 2. The molecule has 20 heavy (non-hydrogen) atoms. The highest BCUT2D eigenvalue weighted by atomic mass is 16.6. The molecule has 0 aromatic rings. The van der Waals surface area contributed by atoms with Crippen LogP contribution in [0.3, 0.4) is 0 Å². The van der Waals surface area contributed by atoms with Gasteiger partial charge < -0.3 is 14.1 Å². The lowest BCUT2D eigenvalue weighted by atomic mass is 10.1. The van der Waals surface area contributed by atoms with Crippen molar-refractivity contribution in [1.29, 1.82) is 0 Å². The highest BCUT2D eigenvalue weighted by Gasteiger charge is 2.41. The Morgan fingerprint density at radius 1 is 1.25 bits per heavy atom. The lowest BCUT2D eigenvalue weighted by Gasteiger charge is -2.35. The van der Waals surface area contributed by atoms with Gasteiger partial charge in [-0.15, -0.1) is 0 Å². The molecule has 0 aromatic carbocycles. The zero-order chi connectivity index (χ0) is 15.7. The topological polar surface area (TPSA) is 46.6 Å². The molecular formula is C15H29N2O3+. The third kappa shape index (κ3) is 4.20. The Morgan fingerprint density at radius 3 is 2.25 bits per heavy atom. The molecule has 0 bridgehead atoms. The van der Waals surface area contributed by atoms with E-state index in [0.717, 1.165) is 6.42 Å². The van der Waals surface area contributed by atoms with Crippen molar-refractivity contribution >= 4 is 11.9 Å². The lowest BCUT2D eigenvalue weighted by Crippen LogP contribution is -2.55. The molecule has 1 amide bonds. The molecular weight excluding hydrogens is 256 g/mol. The Bertz CT molecular complexity index is 380. The Labute approximate surface area is 122 Å². The molecule has 2 atom stereocenters. The number of esters is 1. The third-order valence-electron chi connectivity index (χ3n) is 3.73. The smallest absolute Gasteiger partial charge is 0.329 e. The summed E-state index contributed by atoms with van der Waals surface area (Å²) >= 11 is 0. The number of carbonyl (C=O) groups is 2. The molecule has 0 spiro atoms. The van der Waals surface area contributed by atoms with Gasteiger partial charge in [0.05, 0.1) is 21.1 Å². The molecule has 0 N–H and O–H groups in total. The van der Waals surface area contributed by atoms with Crippen molar-refractivity contribution < 1.29 is 18.8 Å². The number of likely N-dealkylation sites (tertiary alicyclic amines) is 1. The van der Waals surface area contributed by atoms with Gasteiger partial charge in [0.25, 0.3) is 5.91 Å². The van der Waals surface area contributed by atoms with Crippen LogP contribution in [0.2, 0.25) is 0 Å². The van der Waals surface area contributed by atoms with Gasteiger partial charge >= 0.3 is 5.97 Å². The van der Waals surface area contributed by atoms with Crippen LogP contribution in [0.4, 0.5) is 0 Å². The number of amides is 1. The second kappa shape index (κ2) is 5.72. The van der Waals surface area contributed by atoms with E-state index in [0.29, 0.717) is 17.4 Å². The summed E-state index contributed by atoms with van der Waals surface area (Å²) in [6.07, 6.45) is 1.56. The predicted molar refractivity (Wildman–Crippen MR) is 78.1 cm³/mol. The van der Waals surface area contributed by atoms with Gasteiger partial charge in [-0.3, -0.25) is 4.79 Å². The second-order valence-corrected chi connectivity index (χ2v) is 7.52. The van der Waals surface area contributed by atoms with E-state index in [2.05, 4.69) is 0 Å². The molecule has 1 aliphatic heterocycles. The van der Waals surface area contributed by atoms with Crippen LogP contribution < -0.4 is 0 Å². The Hall–Kier alpha value is -1.10. The van der Waals surface area contributed by atoms with Crippen LogP contribution in [-0.2, 0) is 14.3 Å². The zero-order valence-corrected chi connectivity index (χ0v) is 13.9. The Balaban J connectivity index is 2.80. The fourth-order valence-electron chi connectivity index (χ4n) is 2.22. The van der Waals surface area contributed by atoms with Crippen molar-refractivity contribution in [2.24, 2.45) is 0 Å². The number of hydrogen-bond acceptors (Lipinski definition) is 3. The SMILES string of the molecule is C[C@@H](C(=O)N1CCC[C@H]1C(=O)OC(C)(C)C)[N+](C)(C)C. The van der Waals surface area contributed by atoms with Gasteiger partial charge in [-0.25, -0.2) is 4.79 Å². The molecule has 0 unspecified atom stereocenters. The van der Waals surface area contributed by atoms with Crippen LogP contribution >= 0.6 is 0 Å². The van der Waals surface area contributed by atoms with Crippen LogP contribution in [0, 0.1) is 0 Å². The second-order valence-electron chi connectivity index (χ2n) is 7.52. The molecule has 0 aromatic heterocycles. The van der Waals surface area contributed by atoms with Crippen LogP contribution in [0.15, 0.2) is 0 Å². The standard InChI is InChI=1S/C15H29N2O3/c1-11(17(5,6)7)13(18)16-10-8-9-12(16)14(19)20-15(2,3)4/h11-12H,8-10H2,1-7H3/q+1/t11-,12-/m0/s1. The van der Waals surface area contributed by atoms with Gasteiger partial charge in [-0.1, -0.05) is 0 Å². The number of nitrogens with zero attached hydrogens (tertiary/aromatic N) is 2. The minimum absolute atomic E-state index is 0.0332. The number of rotatable bonds is 3. The van der Waals surface area contributed by atoms with E-state index in [-0.39, 0.29) is 17.9 Å². The third-order valence-corrected chi connectivity index (χ3v) is 3.73. The Morgan fingerprint density at radius 2 is 1.80 bits per heavy atom. The largest absolute Gasteiger partial charge is 0.458 e. The Kier molecular flexibility index (Phi) is 4.85. The van der Waals surface area contributed by atoms with Crippen molar-refractivity contribution in [3.63, 3.8) is 0 Å². The number of hydrogen-bond donors (Lipinski definition) is 0. The lowest BCUT2D eigenvalue weighted by molar-refractivity contribution is -0.884. The first-order valence-corrected chi connectivity index (χ1v) is 7.28. The molecule has 1 fully saturated rings. The number of likely N-dealkylation sites (N-methyl/N-ethyl adjacent to an activating group) is 1. The van der Waals surface area contributed by atoms with Gasteiger partial charge in [0, 0.05) is 6.54 Å². The van der Waals surface area contributed by atoms with Crippen molar-refractivity contribution in [2.45, 2.75) is 58.2 Å². The van der Waals surface area contributed by atoms with E-state index in [1.165, 1.54) is 0 Å². The summed E-state index contributed by atoms with van der Waals surface area (Å²) in [4.78, 5) is 26.5. The van der Waals surface area contributed by atoms with Gasteiger partial charge in [0.1, 0.15) is 11.6 Å². The maximum atomic E-state index is 12.6. The van der Waals surface area contributed by atoms with E-state index in [9.17, 15) is 9.59 Å². The normalized spacial score (nSPS) is 21.8. The maximum Gasteiger partial charge on any atom is 0.329 e. The number of ether oxygens (including phenoxy) is 1. The molecule has 1 saturated heterocycles. The summed E-state index contributed by atoms with van der Waals surface area (Å²) in [5.41, 5.74) is -0.514. The van der Waals surface area contributed by atoms with Crippen molar-refractivity contribution in [3.8, 4) is 0 Å². The van der Waals surface area contributed by atoms with E-state index in [1.807, 2.05) is 48.8 Å². The number of quaternary nitrogens is 1. The molecule has 0 saturated carbocycles. The summed E-state index contributed by atoms with van der Waals surface area (Å²) in [5, 5.41) is 0. The minimum atomic E-state index is -0.514. The van der Waals surface area contributed by atoms with Gasteiger partial charge in [-0.05, 0) is 40.5 Å². The first-order valence-electron chi connectivity index (χ1n) is 7.28. The molecule has 0 radical (unpaired) electrons. The molecule has 1 heterocycles.